The second-order valence-electron chi connectivity index (χ2n) is 9.26. The van der Waals surface area contributed by atoms with Crippen molar-refractivity contribution in [2.75, 3.05) is 13.1 Å². The number of amides is 1. The molecule has 1 fully saturated rings. The van der Waals surface area contributed by atoms with Crippen molar-refractivity contribution in [3.63, 3.8) is 0 Å². The van der Waals surface area contributed by atoms with Crippen molar-refractivity contribution >= 4 is 18.1 Å². The molecule has 3 N–H and O–H groups in total. The number of aliphatic imine (C=N–C) groups is 1. The molecule has 7 heteroatoms. The van der Waals surface area contributed by atoms with E-state index in [0.29, 0.717) is 12.5 Å². The zero-order valence-corrected chi connectivity index (χ0v) is 20.2. The summed E-state index contributed by atoms with van der Waals surface area (Å²) in [6, 6.07) is 10.2. The molecule has 0 unspecified atom stereocenters. The number of rotatable bonds is 8. The minimum Gasteiger partial charge on any atom is -0.444 e. The van der Waals surface area contributed by atoms with Crippen molar-refractivity contribution in [1.29, 1.82) is 0 Å². The Balaban J connectivity index is 2.04. The lowest BCUT2D eigenvalue weighted by Crippen LogP contribution is -2.41. The molecule has 0 atom stereocenters. The average molecular weight is 442 g/mol. The van der Waals surface area contributed by atoms with Gasteiger partial charge in [-0.25, -0.2) is 4.79 Å². The van der Waals surface area contributed by atoms with Crippen LogP contribution in [0.5, 0.6) is 0 Å². The number of carbonyl (C=O) groups excluding carboxylic acids is 1. The van der Waals surface area contributed by atoms with E-state index in [1.807, 2.05) is 76.3 Å². The first-order chi connectivity index (χ1) is 15.2. The molecule has 7 nitrogen and oxygen atoms in total. The molecule has 1 aliphatic carbocycles. The Bertz CT molecular complexity index is 803. The van der Waals surface area contributed by atoms with E-state index in [1.54, 1.807) is 6.20 Å². The van der Waals surface area contributed by atoms with E-state index >= 15 is 0 Å². The van der Waals surface area contributed by atoms with E-state index in [-0.39, 0.29) is 12.1 Å². The fraction of sp³-hybridized carbons (Fsp3) is 0.560. The van der Waals surface area contributed by atoms with Gasteiger partial charge in [0.1, 0.15) is 11.9 Å². The van der Waals surface area contributed by atoms with Gasteiger partial charge in [-0.3, -0.25) is 10.0 Å². The first-order valence-electron chi connectivity index (χ1n) is 11.5. The maximum Gasteiger partial charge on any atom is 0.407 e. The van der Waals surface area contributed by atoms with Gasteiger partial charge in [-0.2, -0.15) is 5.10 Å². The van der Waals surface area contributed by atoms with Crippen LogP contribution < -0.4 is 11.1 Å². The average Bonchev–Trinajstić information content (AvgIpc) is 2.75. The number of hydrogen-bond donors (Lipinski definition) is 2. The maximum absolute atomic E-state index is 12.1. The molecule has 0 aliphatic heterocycles. The Kier molecular flexibility index (Phi) is 9.75. The van der Waals surface area contributed by atoms with Crippen molar-refractivity contribution in [2.45, 2.75) is 71.9 Å². The number of hydrazone groups is 1. The molecule has 0 spiro atoms. The van der Waals surface area contributed by atoms with E-state index in [1.165, 1.54) is 0 Å². The fourth-order valence-electron chi connectivity index (χ4n) is 3.69. The van der Waals surface area contributed by atoms with Crippen molar-refractivity contribution in [3.05, 3.63) is 47.7 Å². The van der Waals surface area contributed by atoms with Gasteiger partial charge in [0.25, 0.3) is 0 Å². The van der Waals surface area contributed by atoms with Crippen LogP contribution in [0, 0.1) is 5.92 Å². The quantitative estimate of drug-likeness (QED) is 0.348. The number of nitrogens with two attached hydrogens (primary N) is 1. The highest BCUT2D eigenvalue weighted by molar-refractivity contribution is 6.12. The number of alkyl carbamates (subject to hydrolysis) is 1. The zero-order chi connectivity index (χ0) is 23.6. The molecular weight excluding hydrogens is 402 g/mol. The van der Waals surface area contributed by atoms with Gasteiger partial charge >= 0.3 is 6.09 Å². The second kappa shape index (κ2) is 12.3. The van der Waals surface area contributed by atoms with Crippen LogP contribution >= 0.6 is 0 Å². The van der Waals surface area contributed by atoms with Gasteiger partial charge in [-0.05, 0) is 78.0 Å². The summed E-state index contributed by atoms with van der Waals surface area (Å²) in [7, 11) is 0. The third kappa shape index (κ3) is 8.73. The second-order valence-corrected chi connectivity index (χ2v) is 9.26. The van der Waals surface area contributed by atoms with Gasteiger partial charge in [0.15, 0.2) is 0 Å². The van der Waals surface area contributed by atoms with Crippen molar-refractivity contribution < 1.29 is 9.53 Å². The standard InChI is InChI=1S/C25H39N5O2/c1-6-27-18-30(29-23(19(2)16-26)21-10-8-7-9-11-21)17-20-12-14-22(15-13-20)28-24(31)32-25(3,4)5/h7-11,16,18,20,22H,6,12-15,17,26H2,1-5H3,(H,28,31)/b19-16+,27-18?,29-23+. The number of allylic oxidation sites excluding steroid dienone is 1. The third-order valence-corrected chi connectivity index (χ3v) is 5.31. The summed E-state index contributed by atoms with van der Waals surface area (Å²) < 4.78 is 5.39. The topological polar surface area (TPSA) is 92.3 Å². The predicted molar refractivity (Wildman–Crippen MR) is 132 cm³/mol. The first-order valence-corrected chi connectivity index (χ1v) is 11.5. The summed E-state index contributed by atoms with van der Waals surface area (Å²) in [5, 5.41) is 9.86. The SMILES string of the molecule is CCN=CN(CC1CCC(NC(=O)OC(C)(C)C)CC1)/N=C(\C(C)=C\N)c1ccccc1. The number of hydrogen-bond acceptors (Lipinski definition) is 5. The van der Waals surface area contributed by atoms with Crippen LogP contribution in [0.2, 0.25) is 0 Å². The largest absolute Gasteiger partial charge is 0.444 e. The third-order valence-electron chi connectivity index (χ3n) is 5.31. The number of carbonyl (C=O) groups is 1. The maximum atomic E-state index is 12.1. The summed E-state index contributed by atoms with van der Waals surface area (Å²) in [5.74, 6) is 0.470. The lowest BCUT2D eigenvalue weighted by Gasteiger charge is -2.31. The number of nitrogens with one attached hydrogen (secondary N) is 1. The Morgan fingerprint density at radius 1 is 1.22 bits per heavy atom. The van der Waals surface area contributed by atoms with Gasteiger partial charge in [0, 0.05) is 24.7 Å². The number of nitrogens with zero attached hydrogens (tertiary/aromatic N) is 3. The summed E-state index contributed by atoms with van der Waals surface area (Å²) in [6.45, 7) is 11.1. The number of ether oxygens (including phenoxy) is 1. The van der Waals surface area contributed by atoms with Crippen LogP contribution in [0.4, 0.5) is 4.79 Å². The highest BCUT2D eigenvalue weighted by atomic mass is 16.6. The summed E-state index contributed by atoms with van der Waals surface area (Å²) in [6.07, 6.45) is 6.96. The Hall–Kier alpha value is -2.83. The highest BCUT2D eigenvalue weighted by Gasteiger charge is 2.26. The molecular formula is C25H39N5O2. The molecule has 1 amide bonds. The minimum atomic E-state index is -0.481. The van der Waals surface area contributed by atoms with E-state index in [9.17, 15) is 4.79 Å². The van der Waals surface area contributed by atoms with Gasteiger partial charge in [-0.1, -0.05) is 30.3 Å². The van der Waals surface area contributed by atoms with Gasteiger partial charge in [0.05, 0.1) is 5.71 Å². The predicted octanol–water partition coefficient (Wildman–Crippen LogP) is 4.69. The highest BCUT2D eigenvalue weighted by Crippen LogP contribution is 2.26. The molecule has 1 saturated carbocycles. The molecule has 0 bridgehead atoms. The number of benzene rings is 1. The first kappa shape index (κ1) is 25.4. The van der Waals surface area contributed by atoms with E-state index in [2.05, 4.69) is 10.3 Å². The van der Waals surface area contributed by atoms with Crippen LogP contribution in [-0.4, -0.2) is 47.9 Å². The van der Waals surface area contributed by atoms with Gasteiger partial charge in [0.2, 0.25) is 0 Å². The molecule has 1 aromatic carbocycles. The normalized spacial score (nSPS) is 20.3. The fourth-order valence-corrected chi connectivity index (χ4v) is 3.69. The summed E-state index contributed by atoms with van der Waals surface area (Å²) in [5.41, 5.74) is 8.12. The lowest BCUT2D eigenvalue weighted by atomic mass is 9.86. The van der Waals surface area contributed by atoms with Crippen molar-refractivity contribution in [1.82, 2.24) is 10.3 Å². The Morgan fingerprint density at radius 2 is 1.88 bits per heavy atom. The van der Waals surface area contributed by atoms with Crippen LogP contribution in [0.1, 0.15) is 65.9 Å². The van der Waals surface area contributed by atoms with Crippen molar-refractivity contribution in [2.24, 2.45) is 21.7 Å². The Morgan fingerprint density at radius 3 is 2.44 bits per heavy atom. The smallest absolute Gasteiger partial charge is 0.407 e. The van der Waals surface area contributed by atoms with E-state index in [4.69, 9.17) is 15.6 Å². The molecule has 0 saturated heterocycles. The Labute approximate surface area is 192 Å². The van der Waals surface area contributed by atoms with Crippen LogP contribution in [0.3, 0.4) is 0 Å². The summed E-state index contributed by atoms with van der Waals surface area (Å²) >= 11 is 0. The molecule has 176 valence electrons. The zero-order valence-electron chi connectivity index (χ0n) is 20.2. The van der Waals surface area contributed by atoms with Gasteiger partial charge in [-0.15, -0.1) is 0 Å². The molecule has 2 rings (SSSR count). The molecule has 1 aromatic rings. The van der Waals surface area contributed by atoms with Crippen molar-refractivity contribution in [3.8, 4) is 0 Å². The molecule has 0 heterocycles. The van der Waals surface area contributed by atoms with Crippen LogP contribution in [-0.2, 0) is 4.74 Å². The van der Waals surface area contributed by atoms with Gasteiger partial charge < -0.3 is 15.8 Å². The molecule has 0 aromatic heterocycles. The minimum absolute atomic E-state index is 0.157. The summed E-state index contributed by atoms with van der Waals surface area (Å²) in [4.78, 5) is 16.5. The molecule has 0 radical (unpaired) electrons. The van der Waals surface area contributed by atoms with E-state index < -0.39 is 5.60 Å². The molecule has 1 aliphatic rings. The van der Waals surface area contributed by atoms with Crippen LogP contribution in [0.15, 0.2) is 52.2 Å². The lowest BCUT2D eigenvalue weighted by molar-refractivity contribution is 0.0486. The monoisotopic (exact) mass is 441 g/mol. The van der Waals surface area contributed by atoms with Crippen LogP contribution in [0.25, 0.3) is 0 Å². The van der Waals surface area contributed by atoms with E-state index in [0.717, 1.165) is 49.1 Å². The molecule has 32 heavy (non-hydrogen) atoms.